The van der Waals surface area contributed by atoms with Crippen molar-refractivity contribution in [1.29, 1.82) is 0 Å². The van der Waals surface area contributed by atoms with Crippen LogP contribution in [0.4, 0.5) is 0 Å². The fourth-order valence-electron chi connectivity index (χ4n) is 2.45. The molecule has 3 aromatic rings. The maximum Gasteiger partial charge on any atom is 0.287 e. The van der Waals surface area contributed by atoms with Gasteiger partial charge in [0.05, 0.1) is 17.3 Å². The van der Waals surface area contributed by atoms with Gasteiger partial charge >= 0.3 is 0 Å². The number of aromatic nitrogens is 2. The van der Waals surface area contributed by atoms with Crippen LogP contribution in [-0.4, -0.2) is 15.7 Å². The molecule has 1 amide bonds. The summed E-state index contributed by atoms with van der Waals surface area (Å²) in [5.74, 6) is 1.10. The lowest BCUT2D eigenvalue weighted by molar-refractivity contribution is 0.0918. The van der Waals surface area contributed by atoms with E-state index in [1.54, 1.807) is 22.9 Å². The summed E-state index contributed by atoms with van der Waals surface area (Å²) in [7, 11) is 0. The quantitative estimate of drug-likeness (QED) is 0.680. The molecule has 0 saturated heterocycles. The van der Waals surface area contributed by atoms with Crippen LogP contribution in [0.15, 0.2) is 47.0 Å². The lowest BCUT2D eigenvalue weighted by Crippen LogP contribution is -2.22. The van der Waals surface area contributed by atoms with Crippen LogP contribution >= 0.6 is 11.6 Å². The van der Waals surface area contributed by atoms with E-state index in [1.807, 2.05) is 38.2 Å². The molecular weight excluding hydrogens is 354 g/mol. The Kier molecular flexibility index (Phi) is 5.63. The van der Waals surface area contributed by atoms with E-state index in [1.165, 1.54) is 0 Å². The first-order valence-electron chi connectivity index (χ1n) is 8.34. The summed E-state index contributed by atoms with van der Waals surface area (Å²) in [6, 6.07) is 10.8. The number of nitrogens with zero attached hydrogens (tertiary/aromatic N) is 2. The molecule has 0 atom stereocenters. The number of halogens is 1. The van der Waals surface area contributed by atoms with Crippen molar-refractivity contribution in [1.82, 2.24) is 15.1 Å². The summed E-state index contributed by atoms with van der Waals surface area (Å²) in [6.07, 6.45) is 1.88. The number of para-hydroxylation sites is 1. The highest BCUT2D eigenvalue weighted by Gasteiger charge is 2.13. The van der Waals surface area contributed by atoms with E-state index in [0.29, 0.717) is 23.1 Å². The molecule has 0 radical (unpaired) electrons. The predicted molar refractivity (Wildman–Crippen MR) is 98.3 cm³/mol. The SMILES string of the molecule is CCn1ccc(CNC(=O)c2ccc(COc3c(C)cccc3Cl)o2)n1. The predicted octanol–water partition coefficient (Wildman–Crippen LogP) is 3.97. The highest BCUT2D eigenvalue weighted by molar-refractivity contribution is 6.32. The lowest BCUT2D eigenvalue weighted by atomic mass is 10.2. The van der Waals surface area contributed by atoms with E-state index in [-0.39, 0.29) is 18.3 Å². The highest BCUT2D eigenvalue weighted by Crippen LogP contribution is 2.28. The van der Waals surface area contributed by atoms with Gasteiger partial charge in [-0.1, -0.05) is 23.7 Å². The van der Waals surface area contributed by atoms with Crippen molar-refractivity contribution < 1.29 is 13.9 Å². The Morgan fingerprint density at radius 3 is 2.88 bits per heavy atom. The van der Waals surface area contributed by atoms with Gasteiger partial charge in [-0.25, -0.2) is 0 Å². The van der Waals surface area contributed by atoms with E-state index in [0.717, 1.165) is 17.8 Å². The van der Waals surface area contributed by atoms with Gasteiger partial charge in [0.1, 0.15) is 18.1 Å². The molecule has 3 rings (SSSR count). The van der Waals surface area contributed by atoms with Crippen LogP contribution < -0.4 is 10.1 Å². The zero-order chi connectivity index (χ0) is 18.5. The molecule has 0 bridgehead atoms. The molecule has 0 aliphatic carbocycles. The average Bonchev–Trinajstić information content (AvgIpc) is 3.28. The minimum Gasteiger partial charge on any atom is -0.484 e. The number of hydrogen-bond donors (Lipinski definition) is 1. The monoisotopic (exact) mass is 373 g/mol. The molecule has 7 heteroatoms. The van der Waals surface area contributed by atoms with E-state index >= 15 is 0 Å². The molecule has 0 fully saturated rings. The molecular formula is C19H20ClN3O3. The third kappa shape index (κ3) is 4.26. The van der Waals surface area contributed by atoms with E-state index < -0.39 is 0 Å². The number of aryl methyl sites for hydroxylation is 2. The zero-order valence-corrected chi connectivity index (χ0v) is 15.4. The van der Waals surface area contributed by atoms with Crippen LogP contribution in [0.1, 0.15) is 34.5 Å². The highest BCUT2D eigenvalue weighted by atomic mass is 35.5. The Balaban J connectivity index is 1.56. The van der Waals surface area contributed by atoms with Gasteiger partial charge in [-0.15, -0.1) is 0 Å². The lowest BCUT2D eigenvalue weighted by Gasteiger charge is -2.09. The van der Waals surface area contributed by atoms with Crippen LogP contribution in [0.5, 0.6) is 5.75 Å². The van der Waals surface area contributed by atoms with Gasteiger partial charge in [0.25, 0.3) is 5.91 Å². The fourth-order valence-corrected chi connectivity index (χ4v) is 2.73. The summed E-state index contributed by atoms with van der Waals surface area (Å²) in [5, 5.41) is 7.65. The number of benzene rings is 1. The van der Waals surface area contributed by atoms with Crippen molar-refractivity contribution in [2.45, 2.75) is 33.5 Å². The van der Waals surface area contributed by atoms with Crippen molar-refractivity contribution in [3.63, 3.8) is 0 Å². The summed E-state index contributed by atoms with van der Waals surface area (Å²) in [6.45, 7) is 5.25. The number of nitrogens with one attached hydrogen (secondary N) is 1. The summed E-state index contributed by atoms with van der Waals surface area (Å²) < 4.78 is 13.1. The topological polar surface area (TPSA) is 69.3 Å². The van der Waals surface area contributed by atoms with Crippen molar-refractivity contribution in [2.24, 2.45) is 0 Å². The standard InChI is InChI=1S/C19H20ClN3O3/c1-3-23-10-9-14(22-23)11-21-19(24)17-8-7-15(26-17)12-25-18-13(2)5-4-6-16(18)20/h4-10H,3,11-12H2,1-2H3,(H,21,24). The number of carbonyl (C=O) groups is 1. The largest absolute Gasteiger partial charge is 0.484 e. The molecule has 0 spiro atoms. The third-order valence-electron chi connectivity index (χ3n) is 3.86. The molecule has 2 aromatic heterocycles. The Labute approximate surface area is 156 Å². The van der Waals surface area contributed by atoms with E-state index in [2.05, 4.69) is 10.4 Å². The Hall–Kier alpha value is -2.73. The number of hydrogen-bond acceptors (Lipinski definition) is 4. The van der Waals surface area contributed by atoms with Crippen LogP contribution in [0, 0.1) is 6.92 Å². The van der Waals surface area contributed by atoms with Crippen molar-refractivity contribution in [3.8, 4) is 5.75 Å². The Morgan fingerprint density at radius 2 is 2.15 bits per heavy atom. The van der Waals surface area contributed by atoms with Crippen LogP contribution in [0.25, 0.3) is 0 Å². The summed E-state index contributed by atoms with van der Waals surface area (Å²) in [4.78, 5) is 12.2. The maximum atomic E-state index is 12.2. The summed E-state index contributed by atoms with van der Waals surface area (Å²) in [5.41, 5.74) is 1.73. The van der Waals surface area contributed by atoms with Crippen LogP contribution in [-0.2, 0) is 19.7 Å². The average molecular weight is 374 g/mol. The number of amides is 1. The van der Waals surface area contributed by atoms with Gasteiger partial charge in [0.2, 0.25) is 0 Å². The second kappa shape index (κ2) is 8.10. The van der Waals surface area contributed by atoms with Gasteiger partial charge in [-0.05, 0) is 43.7 Å². The molecule has 26 heavy (non-hydrogen) atoms. The van der Waals surface area contributed by atoms with Crippen molar-refractivity contribution in [3.05, 3.63) is 70.4 Å². The normalized spacial score (nSPS) is 10.7. The maximum absolute atomic E-state index is 12.2. The zero-order valence-electron chi connectivity index (χ0n) is 14.7. The molecule has 2 heterocycles. The second-order valence-corrected chi connectivity index (χ2v) is 6.19. The molecule has 1 aromatic carbocycles. The number of carbonyl (C=O) groups excluding carboxylic acids is 1. The van der Waals surface area contributed by atoms with Gasteiger partial charge in [-0.3, -0.25) is 9.48 Å². The first-order valence-corrected chi connectivity index (χ1v) is 8.71. The molecule has 136 valence electrons. The van der Waals surface area contributed by atoms with Crippen LogP contribution in [0.3, 0.4) is 0 Å². The molecule has 0 aliphatic heterocycles. The number of rotatable bonds is 7. The van der Waals surface area contributed by atoms with Gasteiger partial charge in [0.15, 0.2) is 5.76 Å². The Bertz CT molecular complexity index is 881. The van der Waals surface area contributed by atoms with Crippen molar-refractivity contribution in [2.75, 3.05) is 0 Å². The molecule has 0 saturated carbocycles. The minimum atomic E-state index is -0.295. The van der Waals surface area contributed by atoms with Gasteiger partial charge in [0, 0.05) is 12.7 Å². The minimum absolute atomic E-state index is 0.193. The molecule has 1 N–H and O–H groups in total. The molecule has 6 nitrogen and oxygen atoms in total. The second-order valence-electron chi connectivity index (χ2n) is 5.79. The number of furan rings is 1. The smallest absolute Gasteiger partial charge is 0.287 e. The fraction of sp³-hybridized carbons (Fsp3) is 0.263. The van der Waals surface area contributed by atoms with E-state index in [9.17, 15) is 4.79 Å². The molecule has 0 unspecified atom stereocenters. The first-order chi connectivity index (χ1) is 12.6. The Morgan fingerprint density at radius 1 is 1.31 bits per heavy atom. The van der Waals surface area contributed by atoms with E-state index in [4.69, 9.17) is 20.8 Å². The molecule has 0 aliphatic rings. The third-order valence-corrected chi connectivity index (χ3v) is 4.16. The van der Waals surface area contributed by atoms with Crippen molar-refractivity contribution >= 4 is 17.5 Å². The first kappa shape index (κ1) is 18.1. The van der Waals surface area contributed by atoms with Gasteiger partial charge < -0.3 is 14.5 Å². The van der Waals surface area contributed by atoms with Gasteiger partial charge in [-0.2, -0.15) is 5.10 Å². The summed E-state index contributed by atoms with van der Waals surface area (Å²) >= 11 is 6.14. The van der Waals surface area contributed by atoms with Crippen LogP contribution in [0.2, 0.25) is 5.02 Å². The number of ether oxygens (including phenoxy) is 1.